The zero-order valence-corrected chi connectivity index (χ0v) is 26.0. The second kappa shape index (κ2) is 10.5. The average Bonchev–Trinajstić information content (AvgIpc) is 3.88. The van der Waals surface area contributed by atoms with Crippen LogP contribution in [0.5, 0.6) is 0 Å². The minimum atomic E-state index is 0.536. The first-order chi connectivity index (χ1) is 23.0. The van der Waals surface area contributed by atoms with Gasteiger partial charge in [0.2, 0.25) is 17.7 Å². The van der Waals surface area contributed by atoms with Crippen molar-refractivity contribution >= 4 is 44.4 Å². The number of oxazole rings is 4. The summed E-state index contributed by atoms with van der Waals surface area (Å²) in [6.45, 7) is 5.97. The molecule has 0 bridgehead atoms. The molecule has 9 aromatic rings. The van der Waals surface area contributed by atoms with E-state index in [0.29, 0.717) is 58.7 Å². The van der Waals surface area contributed by atoms with Gasteiger partial charge in [0.15, 0.2) is 28.2 Å². The quantitative estimate of drug-likeness (QED) is 0.182. The van der Waals surface area contributed by atoms with Crippen molar-refractivity contribution in [2.24, 2.45) is 0 Å². The number of hydrogen-bond donors (Lipinski definition) is 0. The summed E-state index contributed by atoms with van der Waals surface area (Å²) in [5, 5.41) is 0. The number of hydrogen-bond acceptors (Lipinski definition) is 8. The van der Waals surface area contributed by atoms with Crippen molar-refractivity contribution in [1.82, 2.24) is 19.9 Å². The Hall–Kier alpha value is -6.02. The van der Waals surface area contributed by atoms with Crippen LogP contribution in [0.25, 0.3) is 78.8 Å². The third-order valence-electron chi connectivity index (χ3n) is 8.61. The Balaban J connectivity index is 1.21. The molecule has 8 heteroatoms. The third kappa shape index (κ3) is 4.68. The van der Waals surface area contributed by atoms with Crippen LogP contribution in [0.15, 0.2) is 109 Å². The van der Waals surface area contributed by atoms with E-state index in [-0.39, 0.29) is 0 Å². The molecular formula is C39H28N4O4. The average molecular weight is 617 g/mol. The normalized spacial score (nSPS) is 11.9. The van der Waals surface area contributed by atoms with Gasteiger partial charge in [0.1, 0.15) is 22.1 Å². The molecule has 0 aliphatic carbocycles. The van der Waals surface area contributed by atoms with Crippen molar-refractivity contribution in [3.8, 4) is 34.4 Å². The molecular weight excluding hydrogens is 588 g/mol. The molecule has 0 amide bonds. The highest BCUT2D eigenvalue weighted by atomic mass is 16.4. The summed E-state index contributed by atoms with van der Waals surface area (Å²) >= 11 is 0. The first kappa shape index (κ1) is 27.3. The van der Waals surface area contributed by atoms with Crippen LogP contribution >= 0.6 is 0 Å². The fourth-order valence-electron chi connectivity index (χ4n) is 6.21. The van der Waals surface area contributed by atoms with Crippen LogP contribution in [0.3, 0.4) is 0 Å². The highest BCUT2D eigenvalue weighted by Gasteiger charge is 2.24. The second-order valence-electron chi connectivity index (χ2n) is 12.0. The van der Waals surface area contributed by atoms with Gasteiger partial charge < -0.3 is 17.7 Å². The van der Waals surface area contributed by atoms with E-state index in [1.807, 2.05) is 73.7 Å². The number of benzene rings is 5. The first-order valence-corrected chi connectivity index (χ1v) is 15.6. The van der Waals surface area contributed by atoms with E-state index in [0.717, 1.165) is 49.9 Å². The van der Waals surface area contributed by atoms with Crippen LogP contribution in [0, 0.1) is 20.8 Å². The van der Waals surface area contributed by atoms with E-state index in [4.69, 9.17) is 32.6 Å². The van der Waals surface area contributed by atoms with Crippen molar-refractivity contribution in [2.45, 2.75) is 33.6 Å². The molecule has 0 fully saturated rings. The predicted octanol–water partition coefficient (Wildman–Crippen LogP) is 9.96. The van der Waals surface area contributed by atoms with Crippen molar-refractivity contribution < 1.29 is 17.7 Å². The van der Waals surface area contributed by atoms with Gasteiger partial charge in [0.25, 0.3) is 0 Å². The highest BCUT2D eigenvalue weighted by Crippen LogP contribution is 2.38. The summed E-state index contributed by atoms with van der Waals surface area (Å²) in [5.74, 6) is 2.22. The Morgan fingerprint density at radius 2 is 0.809 bits per heavy atom. The molecule has 0 aliphatic rings. The predicted molar refractivity (Wildman–Crippen MR) is 181 cm³/mol. The van der Waals surface area contributed by atoms with Gasteiger partial charge in [-0.15, -0.1) is 0 Å². The van der Waals surface area contributed by atoms with Crippen LogP contribution < -0.4 is 0 Å². The first-order valence-electron chi connectivity index (χ1n) is 15.6. The lowest BCUT2D eigenvalue weighted by Gasteiger charge is -2.05. The maximum absolute atomic E-state index is 6.52. The number of fused-ring (bicyclic) bond motifs is 4. The van der Waals surface area contributed by atoms with Gasteiger partial charge in [-0.05, 0) is 75.2 Å². The monoisotopic (exact) mass is 616 g/mol. The van der Waals surface area contributed by atoms with Crippen molar-refractivity contribution in [3.63, 3.8) is 0 Å². The largest absolute Gasteiger partial charge is 0.441 e. The number of nitrogens with zero attached hydrogens (tertiary/aromatic N) is 4. The molecule has 228 valence electrons. The molecule has 0 aliphatic heterocycles. The van der Waals surface area contributed by atoms with Crippen LogP contribution in [0.1, 0.15) is 28.1 Å². The Bertz CT molecular complexity index is 2490. The fourth-order valence-corrected chi connectivity index (χ4v) is 6.21. The summed E-state index contributed by atoms with van der Waals surface area (Å²) in [4.78, 5) is 19.3. The summed E-state index contributed by atoms with van der Waals surface area (Å²) in [5.41, 5.74) is 12.4. The van der Waals surface area contributed by atoms with E-state index >= 15 is 0 Å². The summed E-state index contributed by atoms with van der Waals surface area (Å²) in [6, 6.07) is 30.1. The Kier molecular flexibility index (Phi) is 6.11. The lowest BCUT2D eigenvalue weighted by molar-refractivity contribution is 0.554. The van der Waals surface area contributed by atoms with Gasteiger partial charge in [0.05, 0.1) is 0 Å². The Morgan fingerprint density at radius 3 is 1.26 bits per heavy atom. The minimum absolute atomic E-state index is 0.536. The van der Waals surface area contributed by atoms with Gasteiger partial charge in [-0.25, -0.2) is 19.9 Å². The molecule has 5 aromatic carbocycles. The summed E-state index contributed by atoms with van der Waals surface area (Å²) < 4.78 is 25.6. The fraction of sp³-hybridized carbons (Fsp3) is 0.128. The molecule has 8 nitrogen and oxygen atoms in total. The molecule has 0 saturated heterocycles. The third-order valence-corrected chi connectivity index (χ3v) is 8.61. The molecule has 4 aromatic heterocycles. The summed E-state index contributed by atoms with van der Waals surface area (Å²) in [7, 11) is 0. The van der Waals surface area contributed by atoms with E-state index in [2.05, 4.69) is 43.1 Å². The zero-order valence-electron chi connectivity index (χ0n) is 26.0. The van der Waals surface area contributed by atoms with Crippen LogP contribution in [-0.2, 0) is 12.8 Å². The molecule has 0 unspecified atom stereocenters. The van der Waals surface area contributed by atoms with E-state index < -0.39 is 0 Å². The Morgan fingerprint density at radius 1 is 0.426 bits per heavy atom. The number of aryl methyl sites for hydroxylation is 5. The van der Waals surface area contributed by atoms with Crippen LogP contribution in [0.4, 0.5) is 0 Å². The number of aromatic nitrogens is 4. The van der Waals surface area contributed by atoms with E-state index in [1.165, 1.54) is 11.1 Å². The molecule has 47 heavy (non-hydrogen) atoms. The van der Waals surface area contributed by atoms with E-state index in [1.54, 1.807) is 0 Å². The van der Waals surface area contributed by atoms with Crippen molar-refractivity contribution in [1.29, 1.82) is 0 Å². The molecule has 0 atom stereocenters. The zero-order chi connectivity index (χ0) is 31.6. The van der Waals surface area contributed by atoms with Crippen LogP contribution in [-0.4, -0.2) is 19.9 Å². The van der Waals surface area contributed by atoms with Gasteiger partial charge in [-0.1, -0.05) is 53.6 Å². The standard InChI is InChI=1S/C39H28N4O4/c1-21-9-13-25(14-10-21)38-42-31-20-32-36(47-39(43-32)26-15-11-22(2)12-16-26)28(35(31)46-38)18-17-27-33-29(40-23(3)44-33)19-30-34(27)45-37(41-30)24-7-5-4-6-8-24/h4-16,19-20H,17-18H2,1-3H3. The van der Waals surface area contributed by atoms with Crippen LogP contribution in [0.2, 0.25) is 0 Å². The van der Waals surface area contributed by atoms with Gasteiger partial charge in [0, 0.05) is 34.7 Å². The SMILES string of the molecule is Cc1ccc(-c2nc3cc4nc(-c5ccc(C)cc5)oc4c(CCc4c5oc(C)nc5cc5nc(-c6ccccc6)oc45)c3o2)cc1. The topological polar surface area (TPSA) is 104 Å². The maximum Gasteiger partial charge on any atom is 0.227 e. The minimum Gasteiger partial charge on any atom is -0.441 e. The van der Waals surface area contributed by atoms with Crippen molar-refractivity contribution in [3.05, 3.63) is 119 Å². The summed E-state index contributed by atoms with van der Waals surface area (Å²) in [6.07, 6.45) is 1.08. The molecule has 9 rings (SSSR count). The molecule has 0 N–H and O–H groups in total. The molecule has 0 radical (unpaired) electrons. The lowest BCUT2D eigenvalue weighted by Crippen LogP contribution is -1.95. The smallest absolute Gasteiger partial charge is 0.227 e. The maximum atomic E-state index is 6.52. The van der Waals surface area contributed by atoms with E-state index in [9.17, 15) is 0 Å². The lowest BCUT2D eigenvalue weighted by atomic mass is 10.0. The molecule has 0 spiro atoms. The van der Waals surface area contributed by atoms with Gasteiger partial charge >= 0.3 is 0 Å². The molecule has 4 heterocycles. The highest BCUT2D eigenvalue weighted by molar-refractivity contribution is 5.97. The molecule has 0 saturated carbocycles. The van der Waals surface area contributed by atoms with Gasteiger partial charge in [-0.2, -0.15) is 0 Å². The number of rotatable bonds is 6. The van der Waals surface area contributed by atoms with Crippen molar-refractivity contribution in [2.75, 3.05) is 0 Å². The second-order valence-corrected chi connectivity index (χ2v) is 12.0. The van der Waals surface area contributed by atoms with Gasteiger partial charge in [-0.3, -0.25) is 0 Å². The Labute approximate surface area is 268 Å².